The Kier molecular flexibility index (Phi) is 4.97. The predicted molar refractivity (Wildman–Crippen MR) is 80.9 cm³/mol. The molecule has 0 aromatic heterocycles. The molecule has 1 aliphatic heterocycles. The smallest absolute Gasteiger partial charge is 0.225 e. The van der Waals surface area contributed by atoms with E-state index < -0.39 is 0 Å². The molecule has 1 fully saturated rings. The number of nitrogens with zero attached hydrogens (tertiary/aromatic N) is 1. The van der Waals surface area contributed by atoms with Gasteiger partial charge in [0.25, 0.3) is 0 Å². The van der Waals surface area contributed by atoms with Crippen LogP contribution in [0.4, 0.5) is 11.4 Å². The number of hydrazine groups is 1. The number of piperidine rings is 1. The van der Waals surface area contributed by atoms with E-state index in [0.717, 1.165) is 29.6 Å². The number of anilines is 2. The summed E-state index contributed by atoms with van der Waals surface area (Å²) < 4.78 is 0. The summed E-state index contributed by atoms with van der Waals surface area (Å²) in [7, 11) is 0. The van der Waals surface area contributed by atoms with E-state index in [-0.39, 0.29) is 0 Å². The number of likely N-dealkylation sites (tertiary alicyclic amines) is 1. The van der Waals surface area contributed by atoms with Crippen molar-refractivity contribution in [1.82, 2.24) is 10.3 Å². The van der Waals surface area contributed by atoms with Crippen molar-refractivity contribution in [3.05, 3.63) is 24.3 Å². The summed E-state index contributed by atoms with van der Waals surface area (Å²) in [5, 5.41) is 4.02. The molecule has 3 N–H and O–H groups in total. The predicted octanol–water partition coefficient (Wildman–Crippen LogP) is 1.94. The standard InChI is InChI=1S/C13H18N4OS/c18-10-14-16-12-6-4-11(5-7-12)15-13(19)17-8-2-1-3-9-17/h4-7,10,16H,1-3,8-9H2,(H,14,18)(H,15,19). The van der Waals surface area contributed by atoms with Crippen molar-refractivity contribution in [3.63, 3.8) is 0 Å². The molecule has 0 atom stereocenters. The molecule has 19 heavy (non-hydrogen) atoms. The average Bonchev–Trinajstić information content (AvgIpc) is 2.47. The maximum absolute atomic E-state index is 10.2. The van der Waals surface area contributed by atoms with Gasteiger partial charge in [-0.2, -0.15) is 0 Å². The van der Waals surface area contributed by atoms with Crippen LogP contribution in [0.25, 0.3) is 0 Å². The minimum Gasteiger partial charge on any atom is -0.349 e. The second-order valence-electron chi connectivity index (χ2n) is 4.44. The lowest BCUT2D eigenvalue weighted by Crippen LogP contribution is -2.38. The molecular formula is C13H18N4OS. The highest BCUT2D eigenvalue weighted by Gasteiger charge is 2.12. The van der Waals surface area contributed by atoms with Gasteiger partial charge in [-0.25, -0.2) is 0 Å². The Bertz CT molecular complexity index is 429. The fourth-order valence-corrected chi connectivity index (χ4v) is 2.35. The SMILES string of the molecule is O=CNNc1ccc(NC(=S)N2CCCCC2)cc1. The molecule has 5 nitrogen and oxygen atoms in total. The van der Waals surface area contributed by atoms with Gasteiger partial charge >= 0.3 is 0 Å². The van der Waals surface area contributed by atoms with Crippen LogP contribution >= 0.6 is 12.2 Å². The third-order valence-electron chi connectivity index (χ3n) is 3.05. The zero-order chi connectivity index (χ0) is 13.5. The first-order valence-corrected chi connectivity index (χ1v) is 6.81. The van der Waals surface area contributed by atoms with Gasteiger partial charge in [0.15, 0.2) is 5.11 Å². The monoisotopic (exact) mass is 278 g/mol. The second kappa shape index (κ2) is 6.94. The molecule has 0 aliphatic carbocycles. The molecule has 0 spiro atoms. The molecule has 2 rings (SSSR count). The van der Waals surface area contributed by atoms with E-state index in [1.807, 2.05) is 24.3 Å². The Hall–Kier alpha value is -1.82. The molecule has 1 amide bonds. The Morgan fingerprint density at radius 3 is 2.37 bits per heavy atom. The molecule has 0 saturated carbocycles. The van der Waals surface area contributed by atoms with Gasteiger partial charge in [0, 0.05) is 18.8 Å². The highest BCUT2D eigenvalue weighted by molar-refractivity contribution is 7.80. The van der Waals surface area contributed by atoms with E-state index in [4.69, 9.17) is 12.2 Å². The van der Waals surface area contributed by atoms with Gasteiger partial charge < -0.3 is 10.2 Å². The quantitative estimate of drug-likeness (QED) is 0.446. The van der Waals surface area contributed by atoms with Gasteiger partial charge in [-0.15, -0.1) is 0 Å². The zero-order valence-electron chi connectivity index (χ0n) is 10.7. The number of hydrogen-bond acceptors (Lipinski definition) is 3. The van der Waals surface area contributed by atoms with Gasteiger partial charge in [-0.1, -0.05) is 0 Å². The minimum absolute atomic E-state index is 0.595. The lowest BCUT2D eigenvalue weighted by atomic mass is 10.1. The van der Waals surface area contributed by atoms with Crippen molar-refractivity contribution in [2.75, 3.05) is 23.8 Å². The van der Waals surface area contributed by atoms with Crippen molar-refractivity contribution in [1.29, 1.82) is 0 Å². The van der Waals surface area contributed by atoms with Crippen molar-refractivity contribution < 1.29 is 4.79 Å². The molecule has 1 saturated heterocycles. The van der Waals surface area contributed by atoms with Crippen LogP contribution < -0.4 is 16.2 Å². The number of benzene rings is 1. The van der Waals surface area contributed by atoms with Crippen LogP contribution in [-0.4, -0.2) is 29.5 Å². The Balaban J connectivity index is 1.87. The summed E-state index contributed by atoms with van der Waals surface area (Å²) in [5.74, 6) is 0. The largest absolute Gasteiger partial charge is 0.349 e. The number of thiocarbonyl (C=S) groups is 1. The second-order valence-corrected chi connectivity index (χ2v) is 4.83. The average molecular weight is 278 g/mol. The maximum atomic E-state index is 10.2. The number of carbonyl (C=O) groups excluding carboxylic acids is 1. The molecule has 102 valence electrons. The molecule has 0 radical (unpaired) electrons. The number of nitrogens with one attached hydrogen (secondary N) is 3. The van der Waals surface area contributed by atoms with Crippen molar-refractivity contribution >= 4 is 35.1 Å². The lowest BCUT2D eigenvalue weighted by molar-refractivity contribution is -0.109. The minimum atomic E-state index is 0.595. The fourth-order valence-electron chi connectivity index (χ4n) is 2.05. The molecule has 1 aliphatic rings. The highest BCUT2D eigenvalue weighted by Crippen LogP contribution is 2.15. The van der Waals surface area contributed by atoms with E-state index >= 15 is 0 Å². The lowest BCUT2D eigenvalue weighted by Gasteiger charge is -2.29. The van der Waals surface area contributed by atoms with Crippen LogP contribution in [0.2, 0.25) is 0 Å². The van der Waals surface area contributed by atoms with Gasteiger partial charge in [0.2, 0.25) is 6.41 Å². The third-order valence-corrected chi connectivity index (χ3v) is 3.42. The van der Waals surface area contributed by atoms with Crippen LogP contribution in [0.1, 0.15) is 19.3 Å². The third kappa shape index (κ3) is 4.10. The highest BCUT2D eigenvalue weighted by atomic mass is 32.1. The summed E-state index contributed by atoms with van der Waals surface area (Å²) in [6.07, 6.45) is 4.31. The number of hydrogen-bond donors (Lipinski definition) is 3. The summed E-state index contributed by atoms with van der Waals surface area (Å²) >= 11 is 5.40. The Labute approximate surface area is 118 Å². The summed E-state index contributed by atoms with van der Waals surface area (Å²) in [6.45, 7) is 2.07. The Morgan fingerprint density at radius 2 is 1.74 bits per heavy atom. The molecular weight excluding hydrogens is 260 g/mol. The van der Waals surface area contributed by atoms with Gasteiger partial charge in [0.1, 0.15) is 0 Å². The van der Waals surface area contributed by atoms with E-state index in [2.05, 4.69) is 21.1 Å². The molecule has 0 bridgehead atoms. The van der Waals surface area contributed by atoms with E-state index in [1.165, 1.54) is 19.3 Å². The maximum Gasteiger partial charge on any atom is 0.225 e. The molecule has 6 heteroatoms. The van der Waals surface area contributed by atoms with Crippen LogP contribution in [-0.2, 0) is 4.79 Å². The Morgan fingerprint density at radius 1 is 1.11 bits per heavy atom. The number of carbonyl (C=O) groups is 1. The van der Waals surface area contributed by atoms with Gasteiger partial charge in [-0.3, -0.25) is 15.6 Å². The first-order valence-electron chi connectivity index (χ1n) is 6.41. The molecule has 1 aromatic carbocycles. The molecule has 0 unspecified atom stereocenters. The number of amides is 1. The summed E-state index contributed by atoms with van der Waals surface area (Å²) in [6, 6.07) is 7.59. The summed E-state index contributed by atoms with van der Waals surface area (Å²) in [5.41, 5.74) is 6.91. The summed E-state index contributed by atoms with van der Waals surface area (Å²) in [4.78, 5) is 12.4. The molecule has 1 heterocycles. The van der Waals surface area contributed by atoms with E-state index in [9.17, 15) is 4.79 Å². The van der Waals surface area contributed by atoms with Crippen LogP contribution in [0.3, 0.4) is 0 Å². The number of rotatable bonds is 4. The fraction of sp³-hybridized carbons (Fsp3) is 0.385. The van der Waals surface area contributed by atoms with E-state index in [1.54, 1.807) is 0 Å². The van der Waals surface area contributed by atoms with E-state index in [0.29, 0.717) is 6.41 Å². The first-order chi connectivity index (χ1) is 9.29. The van der Waals surface area contributed by atoms with Gasteiger partial charge in [-0.05, 0) is 55.7 Å². The molecule has 1 aromatic rings. The zero-order valence-corrected chi connectivity index (χ0v) is 11.5. The van der Waals surface area contributed by atoms with Gasteiger partial charge in [0.05, 0.1) is 5.69 Å². The van der Waals surface area contributed by atoms with Crippen molar-refractivity contribution in [2.24, 2.45) is 0 Å². The normalized spacial score (nSPS) is 14.6. The van der Waals surface area contributed by atoms with Crippen molar-refractivity contribution in [3.8, 4) is 0 Å². The topological polar surface area (TPSA) is 56.4 Å². The van der Waals surface area contributed by atoms with Crippen LogP contribution in [0.15, 0.2) is 24.3 Å². The van der Waals surface area contributed by atoms with Crippen molar-refractivity contribution in [2.45, 2.75) is 19.3 Å². The first kappa shape index (κ1) is 13.6. The van der Waals surface area contributed by atoms with Crippen LogP contribution in [0.5, 0.6) is 0 Å². The van der Waals surface area contributed by atoms with Crippen LogP contribution in [0, 0.1) is 0 Å².